The van der Waals surface area contributed by atoms with Gasteiger partial charge in [-0.25, -0.2) is 4.79 Å². The minimum absolute atomic E-state index is 0.0630. The number of aromatic nitrogens is 1. The third-order valence-corrected chi connectivity index (χ3v) is 3.58. The van der Waals surface area contributed by atoms with E-state index in [9.17, 15) is 24.5 Å². The zero-order valence-corrected chi connectivity index (χ0v) is 11.9. The second-order valence-corrected chi connectivity index (χ2v) is 5.85. The zero-order chi connectivity index (χ0) is 16.5. The van der Waals surface area contributed by atoms with E-state index in [0.29, 0.717) is 0 Å². The molecule has 5 unspecified atom stereocenters. The van der Waals surface area contributed by atoms with Crippen molar-refractivity contribution in [3.05, 3.63) is 30.1 Å². The van der Waals surface area contributed by atoms with Crippen molar-refractivity contribution in [2.75, 3.05) is 6.61 Å². The lowest BCUT2D eigenvalue weighted by atomic mass is 10.1. The average Bonchev–Trinajstić information content (AvgIpc) is 2.72. The van der Waals surface area contributed by atoms with Crippen LogP contribution in [0.4, 0.5) is 0 Å². The molecule has 1 aromatic rings. The van der Waals surface area contributed by atoms with Crippen LogP contribution in [-0.2, 0) is 13.8 Å². The third-order valence-electron chi connectivity index (χ3n) is 3.10. The monoisotopic (exact) mass is 335 g/mol. The molecule has 0 saturated carbocycles. The van der Waals surface area contributed by atoms with Gasteiger partial charge in [-0.3, -0.25) is 4.57 Å². The molecule has 1 fully saturated rings. The van der Waals surface area contributed by atoms with Gasteiger partial charge in [0, 0.05) is 6.07 Å². The normalized spacial score (nSPS) is 30.9. The van der Waals surface area contributed by atoms with Gasteiger partial charge in [0.1, 0.15) is 17.8 Å². The highest BCUT2D eigenvalue weighted by atomic mass is 31.2. The first-order chi connectivity index (χ1) is 10.2. The van der Waals surface area contributed by atoms with Crippen LogP contribution in [0.3, 0.4) is 0 Å². The molecular weight excluding hydrogens is 321 g/mol. The van der Waals surface area contributed by atoms with E-state index in [0.717, 1.165) is 0 Å². The van der Waals surface area contributed by atoms with E-state index in [-0.39, 0.29) is 5.56 Å². The van der Waals surface area contributed by atoms with Crippen molar-refractivity contribution in [1.82, 2.24) is 0 Å². The fraction of sp³-hybridized carbons (Fsp3) is 0.455. The predicted octanol–water partition coefficient (Wildman–Crippen LogP) is -2.23. The topological polar surface area (TPSA) is 160 Å². The number of carboxylic acids is 1. The lowest BCUT2D eigenvalue weighted by Crippen LogP contribution is -2.46. The maximum absolute atomic E-state index is 10.9. The van der Waals surface area contributed by atoms with Crippen LogP contribution in [-0.4, -0.2) is 51.1 Å². The van der Waals surface area contributed by atoms with Gasteiger partial charge in [0.2, 0.25) is 0 Å². The molecule has 1 aliphatic rings. The van der Waals surface area contributed by atoms with E-state index < -0.39 is 44.9 Å². The van der Waals surface area contributed by atoms with Crippen LogP contribution in [0.25, 0.3) is 0 Å². The van der Waals surface area contributed by atoms with Gasteiger partial charge in [-0.15, -0.1) is 0 Å². The molecule has 1 saturated heterocycles. The number of aliphatic hydroxyl groups excluding tert-OH is 2. The molecule has 0 radical (unpaired) electrons. The number of aromatic carboxylic acids is 1. The molecular formula is C11H14NO9P. The summed E-state index contributed by atoms with van der Waals surface area (Å²) in [6.45, 7) is -0.689. The number of pyridine rings is 1. The highest BCUT2D eigenvalue weighted by Gasteiger charge is 2.48. The van der Waals surface area contributed by atoms with Crippen molar-refractivity contribution in [3.63, 3.8) is 0 Å². The summed E-state index contributed by atoms with van der Waals surface area (Å²) in [6.07, 6.45) is -2.65. The van der Waals surface area contributed by atoms with Gasteiger partial charge in [0.15, 0.2) is 18.5 Å². The van der Waals surface area contributed by atoms with Gasteiger partial charge in [0.25, 0.3) is 14.1 Å². The Morgan fingerprint density at radius 1 is 1.45 bits per heavy atom. The van der Waals surface area contributed by atoms with Gasteiger partial charge in [-0.05, 0) is 6.07 Å². The van der Waals surface area contributed by atoms with E-state index in [1.165, 1.54) is 29.1 Å². The Bertz CT molecular complexity index is 603. The lowest BCUT2D eigenvalue weighted by molar-refractivity contribution is -0.765. The molecule has 0 aliphatic carbocycles. The molecule has 1 aromatic heterocycles. The zero-order valence-electron chi connectivity index (χ0n) is 11.1. The number of hydrogen-bond acceptors (Lipinski definition) is 7. The van der Waals surface area contributed by atoms with Crippen LogP contribution >= 0.6 is 7.82 Å². The van der Waals surface area contributed by atoms with Gasteiger partial charge in [0.05, 0.1) is 6.61 Å². The number of phosphoric acid groups is 1. The molecule has 5 atom stereocenters. The summed E-state index contributed by atoms with van der Waals surface area (Å²) in [7, 11) is -4.98. The van der Waals surface area contributed by atoms with E-state index >= 15 is 0 Å². The highest BCUT2D eigenvalue weighted by Crippen LogP contribution is 2.33. The molecule has 11 heteroatoms. The number of phosphoric ester groups is 1. The van der Waals surface area contributed by atoms with Gasteiger partial charge in [-0.2, -0.15) is 4.57 Å². The molecule has 0 bridgehead atoms. The molecule has 2 rings (SSSR count). The molecule has 0 amide bonds. The Morgan fingerprint density at radius 2 is 2.14 bits per heavy atom. The van der Waals surface area contributed by atoms with Crippen molar-refractivity contribution >= 4 is 13.8 Å². The number of ether oxygens (including phenoxy) is 1. The largest absolute Gasteiger partial charge is 0.756 e. The smallest absolute Gasteiger partial charge is 0.341 e. The molecule has 22 heavy (non-hydrogen) atoms. The van der Waals surface area contributed by atoms with Crippen LogP contribution in [0, 0.1) is 0 Å². The number of nitrogens with zero attached hydrogens (tertiary/aromatic N) is 1. The van der Waals surface area contributed by atoms with Gasteiger partial charge < -0.3 is 34.4 Å². The van der Waals surface area contributed by atoms with Crippen LogP contribution in [0.15, 0.2) is 24.5 Å². The fourth-order valence-electron chi connectivity index (χ4n) is 2.06. The van der Waals surface area contributed by atoms with E-state index in [2.05, 4.69) is 4.52 Å². The van der Waals surface area contributed by atoms with E-state index in [1.54, 1.807) is 0 Å². The lowest BCUT2D eigenvalue weighted by Gasteiger charge is -2.19. The van der Waals surface area contributed by atoms with Crippen molar-refractivity contribution in [3.8, 4) is 0 Å². The second-order valence-electron chi connectivity index (χ2n) is 4.66. The summed E-state index contributed by atoms with van der Waals surface area (Å²) < 4.78 is 21.2. The second kappa shape index (κ2) is 6.39. The van der Waals surface area contributed by atoms with Crippen LogP contribution < -0.4 is 9.46 Å². The summed E-state index contributed by atoms with van der Waals surface area (Å²) in [5.41, 5.74) is -0.0630. The van der Waals surface area contributed by atoms with Crippen molar-refractivity contribution in [2.45, 2.75) is 24.5 Å². The maximum atomic E-state index is 10.9. The van der Waals surface area contributed by atoms with Crippen molar-refractivity contribution < 1.29 is 48.3 Å². The Balaban J connectivity index is 2.14. The first-order valence-corrected chi connectivity index (χ1v) is 7.62. The van der Waals surface area contributed by atoms with Gasteiger partial charge in [-0.1, -0.05) is 0 Å². The minimum Gasteiger partial charge on any atom is -0.756 e. The first-order valence-electron chi connectivity index (χ1n) is 6.13. The standard InChI is InChI=1S/C11H14NO9P/c13-8-7(5-20-22(17,18)19)21-10(9(8)14)12-3-1-2-6(4-12)11(15)16/h1-4,7-10,13-14H,5H2,(H2-,15,16,17,18,19). The Hall–Kier alpha value is -1.39. The SMILES string of the molecule is O=C(O)c1ccc[n+](C2OC(COP(=O)([O-])O)C(O)C2O)c1. The summed E-state index contributed by atoms with van der Waals surface area (Å²) in [5, 5.41) is 28.7. The minimum atomic E-state index is -4.98. The van der Waals surface area contributed by atoms with Gasteiger partial charge >= 0.3 is 5.97 Å². The first kappa shape index (κ1) is 17.0. The molecule has 10 nitrogen and oxygen atoms in total. The Morgan fingerprint density at radius 3 is 2.73 bits per heavy atom. The molecule has 0 spiro atoms. The molecule has 4 N–H and O–H groups in total. The Labute approximate surface area is 124 Å². The van der Waals surface area contributed by atoms with Crippen molar-refractivity contribution in [2.24, 2.45) is 0 Å². The Kier molecular flexibility index (Phi) is 4.93. The molecule has 122 valence electrons. The molecule has 2 heterocycles. The summed E-state index contributed by atoms with van der Waals surface area (Å²) in [5.74, 6) is -1.19. The number of hydrogen-bond donors (Lipinski definition) is 4. The van der Waals surface area contributed by atoms with Crippen LogP contribution in [0.2, 0.25) is 0 Å². The predicted molar refractivity (Wildman–Crippen MR) is 65.3 cm³/mol. The number of carbonyl (C=O) groups is 1. The fourth-order valence-corrected chi connectivity index (χ4v) is 2.39. The summed E-state index contributed by atoms with van der Waals surface area (Å²) in [4.78, 5) is 30.0. The van der Waals surface area contributed by atoms with Crippen molar-refractivity contribution in [1.29, 1.82) is 0 Å². The van der Waals surface area contributed by atoms with Crippen LogP contribution in [0.1, 0.15) is 16.6 Å². The quantitative estimate of drug-likeness (QED) is 0.345. The van der Waals surface area contributed by atoms with Crippen LogP contribution in [0.5, 0.6) is 0 Å². The summed E-state index contributed by atoms with van der Waals surface area (Å²) >= 11 is 0. The average molecular weight is 335 g/mol. The number of carboxylic acid groups (broad SMARTS) is 1. The van der Waals surface area contributed by atoms with E-state index in [1.807, 2.05) is 0 Å². The highest BCUT2D eigenvalue weighted by molar-refractivity contribution is 7.44. The maximum Gasteiger partial charge on any atom is 0.341 e. The molecule has 0 aromatic carbocycles. The third kappa shape index (κ3) is 3.87. The van der Waals surface area contributed by atoms with E-state index in [4.69, 9.17) is 14.7 Å². The number of aliphatic hydroxyl groups is 2. The molecule has 1 aliphatic heterocycles. The number of rotatable bonds is 5. The summed E-state index contributed by atoms with van der Waals surface area (Å²) in [6, 6.07) is 2.74.